The van der Waals surface area contributed by atoms with Gasteiger partial charge in [0.25, 0.3) is 0 Å². The van der Waals surface area contributed by atoms with Crippen LogP contribution in [0.3, 0.4) is 0 Å². The van der Waals surface area contributed by atoms with Crippen molar-refractivity contribution in [3.05, 3.63) is 0 Å². The van der Waals surface area contributed by atoms with Gasteiger partial charge >= 0.3 is 18.1 Å². The Morgan fingerprint density at radius 2 is 1.86 bits per heavy atom. The molecule has 0 bridgehead atoms. The highest BCUT2D eigenvalue weighted by Crippen LogP contribution is 2.17. The van der Waals surface area contributed by atoms with E-state index in [1.807, 2.05) is 13.8 Å². The molecule has 1 fully saturated rings. The maximum Gasteiger partial charge on any atom is 0.407 e. The predicted octanol–water partition coefficient (Wildman–Crippen LogP) is 0.920. The van der Waals surface area contributed by atoms with E-state index < -0.39 is 18.1 Å². The average Bonchev–Trinajstić information content (AvgIpc) is 2.45. The van der Waals surface area contributed by atoms with Crippen molar-refractivity contribution in [2.45, 2.75) is 32.9 Å². The van der Waals surface area contributed by atoms with E-state index >= 15 is 0 Å². The maximum absolute atomic E-state index is 12.6. The van der Waals surface area contributed by atoms with Crippen LogP contribution in [0.2, 0.25) is 0 Å². The van der Waals surface area contributed by atoms with Gasteiger partial charge in [-0.2, -0.15) is 0 Å². The van der Waals surface area contributed by atoms with Gasteiger partial charge in [0.05, 0.1) is 7.11 Å². The van der Waals surface area contributed by atoms with Gasteiger partial charge in [-0.1, -0.05) is 13.8 Å². The number of hydrogen-bond acceptors (Lipinski definition) is 4. The van der Waals surface area contributed by atoms with Crippen molar-refractivity contribution in [2.75, 3.05) is 33.8 Å². The van der Waals surface area contributed by atoms with E-state index in [1.165, 1.54) is 16.9 Å². The van der Waals surface area contributed by atoms with Gasteiger partial charge in [-0.25, -0.2) is 14.4 Å². The van der Waals surface area contributed by atoms with Crippen LogP contribution in [0.15, 0.2) is 0 Å². The summed E-state index contributed by atoms with van der Waals surface area (Å²) in [7, 11) is 2.87. The van der Waals surface area contributed by atoms with Crippen LogP contribution in [0.25, 0.3) is 0 Å². The zero-order valence-electron chi connectivity index (χ0n) is 13.8. The van der Waals surface area contributed by atoms with Crippen LogP contribution in [0.1, 0.15) is 20.8 Å². The lowest BCUT2D eigenvalue weighted by Gasteiger charge is -2.41. The molecule has 8 nitrogen and oxygen atoms in total. The zero-order chi connectivity index (χ0) is 17.0. The molecular weight excluding hydrogens is 290 g/mol. The van der Waals surface area contributed by atoms with Gasteiger partial charge in [0.15, 0.2) is 0 Å². The standard InChI is InChI=1S/C14H25N3O5/c1-9(2)11(12(18)22-5)15(4)13(19)17-7-6-16(14(20)21)8-10(17)3/h9-11H,6-8H2,1-5H3,(H,20,21)/t10-,11?/m1/s1. The summed E-state index contributed by atoms with van der Waals surface area (Å²) in [5.74, 6) is -0.542. The third-order valence-corrected chi connectivity index (χ3v) is 3.94. The Morgan fingerprint density at radius 1 is 1.27 bits per heavy atom. The molecule has 126 valence electrons. The first-order valence-electron chi connectivity index (χ1n) is 7.29. The van der Waals surface area contributed by atoms with Crippen molar-refractivity contribution < 1.29 is 24.2 Å². The van der Waals surface area contributed by atoms with E-state index in [4.69, 9.17) is 9.84 Å². The number of carboxylic acid groups (broad SMARTS) is 1. The fraction of sp³-hybridized carbons (Fsp3) is 0.786. The number of methoxy groups -OCH3 is 1. The van der Waals surface area contributed by atoms with Crippen LogP contribution >= 0.6 is 0 Å². The number of rotatable bonds is 3. The molecule has 1 saturated heterocycles. The van der Waals surface area contributed by atoms with Gasteiger partial charge in [0.1, 0.15) is 6.04 Å². The van der Waals surface area contributed by atoms with Crippen LogP contribution in [-0.4, -0.2) is 83.8 Å². The van der Waals surface area contributed by atoms with Crippen molar-refractivity contribution in [3.63, 3.8) is 0 Å². The van der Waals surface area contributed by atoms with Gasteiger partial charge < -0.3 is 24.5 Å². The summed E-state index contributed by atoms with van der Waals surface area (Å²) in [5, 5.41) is 9.01. The number of amides is 3. The second-order valence-corrected chi connectivity index (χ2v) is 5.88. The Hall–Kier alpha value is -1.99. The summed E-state index contributed by atoms with van der Waals surface area (Å²) in [6.07, 6.45) is -0.984. The van der Waals surface area contributed by atoms with Crippen LogP contribution in [-0.2, 0) is 9.53 Å². The number of esters is 1. The minimum absolute atomic E-state index is 0.0861. The highest BCUT2D eigenvalue weighted by molar-refractivity contribution is 5.84. The largest absolute Gasteiger partial charge is 0.467 e. The van der Waals surface area contributed by atoms with Gasteiger partial charge in [0.2, 0.25) is 0 Å². The molecule has 0 aromatic heterocycles. The molecule has 1 rings (SSSR count). The summed E-state index contributed by atoms with van der Waals surface area (Å²) >= 11 is 0. The average molecular weight is 315 g/mol. The van der Waals surface area contributed by atoms with E-state index in [-0.39, 0.29) is 31.1 Å². The van der Waals surface area contributed by atoms with E-state index in [0.29, 0.717) is 6.54 Å². The van der Waals surface area contributed by atoms with E-state index in [1.54, 1.807) is 18.9 Å². The minimum Gasteiger partial charge on any atom is -0.467 e. The molecule has 0 saturated carbocycles. The number of nitrogens with zero attached hydrogens (tertiary/aromatic N) is 3. The lowest BCUT2D eigenvalue weighted by Crippen LogP contribution is -2.60. The first-order chi connectivity index (χ1) is 10.2. The molecule has 2 atom stereocenters. The van der Waals surface area contributed by atoms with Crippen molar-refractivity contribution in [2.24, 2.45) is 5.92 Å². The predicted molar refractivity (Wildman–Crippen MR) is 79.6 cm³/mol. The number of carbonyl (C=O) groups excluding carboxylic acids is 2. The molecule has 1 heterocycles. The summed E-state index contributed by atoms with van der Waals surface area (Å²) in [6, 6.07) is -1.20. The fourth-order valence-electron chi connectivity index (χ4n) is 2.74. The third-order valence-electron chi connectivity index (χ3n) is 3.94. The Labute approximate surface area is 130 Å². The molecule has 1 aliphatic rings. The maximum atomic E-state index is 12.6. The molecule has 3 amide bonds. The SMILES string of the molecule is COC(=O)C(C(C)C)N(C)C(=O)N1CCN(C(=O)O)C[C@H]1C. The number of ether oxygens (including phenoxy) is 1. The molecule has 0 aromatic rings. The summed E-state index contributed by atoms with van der Waals surface area (Å²) in [6.45, 7) is 6.32. The number of hydrogen-bond donors (Lipinski definition) is 1. The Morgan fingerprint density at radius 3 is 2.27 bits per heavy atom. The second kappa shape index (κ2) is 7.33. The van der Waals surface area contributed by atoms with Gasteiger partial charge in [0, 0.05) is 32.7 Å². The Kier molecular flexibility index (Phi) is 6.01. The number of carbonyl (C=O) groups is 3. The first-order valence-corrected chi connectivity index (χ1v) is 7.29. The quantitative estimate of drug-likeness (QED) is 0.782. The first kappa shape index (κ1) is 18.1. The molecule has 0 aliphatic carbocycles. The molecule has 0 aromatic carbocycles. The summed E-state index contributed by atoms with van der Waals surface area (Å²) in [5.41, 5.74) is 0. The molecule has 1 aliphatic heterocycles. The monoisotopic (exact) mass is 315 g/mol. The van der Waals surface area contributed by atoms with Crippen LogP contribution in [0.4, 0.5) is 9.59 Å². The lowest BCUT2D eigenvalue weighted by molar-refractivity contribution is -0.147. The normalized spacial score (nSPS) is 19.8. The Bertz CT molecular complexity index is 440. The summed E-state index contributed by atoms with van der Waals surface area (Å²) < 4.78 is 4.77. The van der Waals surface area contributed by atoms with Crippen molar-refractivity contribution in [1.82, 2.24) is 14.7 Å². The van der Waals surface area contributed by atoms with Crippen molar-refractivity contribution in [3.8, 4) is 0 Å². The third kappa shape index (κ3) is 3.80. The molecule has 0 radical (unpaired) electrons. The molecule has 1 N–H and O–H groups in total. The van der Waals surface area contributed by atoms with Gasteiger partial charge in [-0.15, -0.1) is 0 Å². The molecule has 22 heavy (non-hydrogen) atoms. The Balaban J connectivity index is 2.82. The fourth-order valence-corrected chi connectivity index (χ4v) is 2.74. The molecule has 0 spiro atoms. The van der Waals surface area contributed by atoms with Gasteiger partial charge in [-0.3, -0.25) is 0 Å². The molecular formula is C14H25N3O5. The zero-order valence-corrected chi connectivity index (χ0v) is 13.8. The number of piperazine rings is 1. The number of likely N-dealkylation sites (N-methyl/N-ethyl adjacent to an activating group) is 1. The highest BCUT2D eigenvalue weighted by atomic mass is 16.5. The van der Waals surface area contributed by atoms with Crippen LogP contribution in [0.5, 0.6) is 0 Å². The topological polar surface area (TPSA) is 90.4 Å². The molecule has 8 heteroatoms. The van der Waals surface area contributed by atoms with Crippen LogP contribution < -0.4 is 0 Å². The van der Waals surface area contributed by atoms with E-state index in [0.717, 1.165) is 0 Å². The highest BCUT2D eigenvalue weighted by Gasteiger charge is 2.36. The van der Waals surface area contributed by atoms with Crippen molar-refractivity contribution in [1.29, 1.82) is 0 Å². The smallest absolute Gasteiger partial charge is 0.407 e. The summed E-state index contributed by atoms with van der Waals surface area (Å²) in [4.78, 5) is 39.8. The van der Waals surface area contributed by atoms with Gasteiger partial charge in [-0.05, 0) is 12.8 Å². The van der Waals surface area contributed by atoms with Crippen LogP contribution in [0, 0.1) is 5.92 Å². The van der Waals surface area contributed by atoms with E-state index in [2.05, 4.69) is 0 Å². The minimum atomic E-state index is -0.984. The van der Waals surface area contributed by atoms with E-state index in [9.17, 15) is 14.4 Å². The lowest BCUT2D eigenvalue weighted by atomic mass is 10.0. The number of urea groups is 1. The molecule has 1 unspecified atom stereocenters. The second-order valence-electron chi connectivity index (χ2n) is 5.88. The van der Waals surface area contributed by atoms with Crippen molar-refractivity contribution >= 4 is 18.1 Å².